The monoisotopic (exact) mass is 247 g/mol. The van der Waals surface area contributed by atoms with Crippen molar-refractivity contribution in [1.29, 1.82) is 0 Å². The van der Waals surface area contributed by atoms with Crippen LogP contribution in [0.15, 0.2) is 24.3 Å². The molecule has 18 heavy (non-hydrogen) atoms. The molecule has 0 spiro atoms. The van der Waals surface area contributed by atoms with Crippen molar-refractivity contribution in [1.82, 2.24) is 5.32 Å². The third kappa shape index (κ3) is 5.68. The van der Waals surface area contributed by atoms with Gasteiger partial charge in [-0.3, -0.25) is 0 Å². The number of rotatable bonds is 9. The Hall–Kier alpha value is -0.820. The van der Waals surface area contributed by atoms with Crippen LogP contribution in [0.2, 0.25) is 0 Å². The van der Waals surface area contributed by atoms with Crippen LogP contribution in [-0.4, -0.2) is 12.6 Å². The molecule has 0 aliphatic heterocycles. The van der Waals surface area contributed by atoms with Gasteiger partial charge in [-0.25, -0.2) is 0 Å². The predicted octanol–water partition coefficient (Wildman–Crippen LogP) is 4.35. The van der Waals surface area contributed by atoms with Gasteiger partial charge in [0.25, 0.3) is 0 Å². The van der Waals surface area contributed by atoms with Gasteiger partial charge in [0.15, 0.2) is 0 Å². The molecule has 0 bridgehead atoms. The Balaban J connectivity index is 2.39. The highest BCUT2D eigenvalue weighted by Crippen LogP contribution is 2.11. The van der Waals surface area contributed by atoms with Crippen LogP contribution in [-0.2, 0) is 12.8 Å². The first-order chi connectivity index (χ1) is 8.80. The first-order valence-electron chi connectivity index (χ1n) is 7.61. The molecule has 0 fully saturated rings. The van der Waals surface area contributed by atoms with Crippen LogP contribution in [0.5, 0.6) is 0 Å². The molecule has 1 rings (SSSR count). The molecule has 1 heteroatoms. The quantitative estimate of drug-likeness (QED) is 0.684. The summed E-state index contributed by atoms with van der Waals surface area (Å²) in [4.78, 5) is 0. The minimum atomic E-state index is 0.695. The van der Waals surface area contributed by atoms with Crippen molar-refractivity contribution in [2.24, 2.45) is 0 Å². The van der Waals surface area contributed by atoms with E-state index in [1.807, 2.05) is 0 Å². The highest BCUT2D eigenvalue weighted by atomic mass is 14.9. The van der Waals surface area contributed by atoms with E-state index in [0.29, 0.717) is 6.04 Å². The van der Waals surface area contributed by atoms with E-state index >= 15 is 0 Å². The summed E-state index contributed by atoms with van der Waals surface area (Å²) < 4.78 is 0. The first-order valence-corrected chi connectivity index (χ1v) is 7.61. The van der Waals surface area contributed by atoms with Crippen molar-refractivity contribution in [3.63, 3.8) is 0 Å². The molecule has 0 amide bonds. The lowest BCUT2D eigenvalue weighted by atomic mass is 10.0. The standard InChI is InChI=1S/C17H29N/c1-4-7-17(18-14-5-2)13-12-16-10-8-15(6-3)9-11-16/h8-11,17-18H,4-7,12-14H2,1-3H3. The van der Waals surface area contributed by atoms with E-state index < -0.39 is 0 Å². The summed E-state index contributed by atoms with van der Waals surface area (Å²) in [6.07, 6.45) is 7.40. The zero-order valence-electron chi connectivity index (χ0n) is 12.3. The maximum atomic E-state index is 3.66. The molecule has 0 radical (unpaired) electrons. The van der Waals surface area contributed by atoms with Gasteiger partial charge in [0.2, 0.25) is 0 Å². The lowest BCUT2D eigenvalue weighted by molar-refractivity contribution is 0.449. The van der Waals surface area contributed by atoms with Gasteiger partial charge < -0.3 is 5.32 Å². The number of nitrogens with one attached hydrogen (secondary N) is 1. The van der Waals surface area contributed by atoms with Crippen LogP contribution in [0, 0.1) is 0 Å². The maximum absolute atomic E-state index is 3.66. The van der Waals surface area contributed by atoms with Crippen LogP contribution in [0.3, 0.4) is 0 Å². The average molecular weight is 247 g/mol. The Kier molecular flexibility index (Phi) is 7.75. The van der Waals surface area contributed by atoms with Crippen molar-refractivity contribution in [2.75, 3.05) is 6.54 Å². The van der Waals surface area contributed by atoms with Crippen LogP contribution >= 0.6 is 0 Å². The Morgan fingerprint density at radius 3 is 2.11 bits per heavy atom. The van der Waals surface area contributed by atoms with Crippen LogP contribution < -0.4 is 5.32 Å². The van der Waals surface area contributed by atoms with Crippen molar-refractivity contribution in [3.8, 4) is 0 Å². The minimum Gasteiger partial charge on any atom is -0.314 e. The summed E-state index contributed by atoms with van der Waals surface area (Å²) >= 11 is 0. The third-order valence-electron chi connectivity index (χ3n) is 3.53. The Morgan fingerprint density at radius 1 is 0.889 bits per heavy atom. The molecule has 0 aromatic heterocycles. The lowest BCUT2D eigenvalue weighted by Gasteiger charge is -2.17. The van der Waals surface area contributed by atoms with E-state index in [0.717, 1.165) is 13.0 Å². The van der Waals surface area contributed by atoms with E-state index in [-0.39, 0.29) is 0 Å². The summed E-state index contributed by atoms with van der Waals surface area (Å²) in [5.74, 6) is 0. The highest BCUT2D eigenvalue weighted by molar-refractivity contribution is 5.22. The molecular formula is C17H29N. The van der Waals surface area contributed by atoms with Crippen LogP contribution in [0.1, 0.15) is 57.6 Å². The van der Waals surface area contributed by atoms with E-state index in [1.54, 1.807) is 0 Å². The highest BCUT2D eigenvalue weighted by Gasteiger charge is 2.06. The van der Waals surface area contributed by atoms with Gasteiger partial charge in [0.1, 0.15) is 0 Å². The van der Waals surface area contributed by atoms with Crippen molar-refractivity contribution >= 4 is 0 Å². The molecule has 102 valence electrons. The van der Waals surface area contributed by atoms with Crippen LogP contribution in [0.4, 0.5) is 0 Å². The minimum absolute atomic E-state index is 0.695. The molecule has 0 saturated carbocycles. The average Bonchev–Trinajstić information content (AvgIpc) is 2.42. The second-order valence-corrected chi connectivity index (χ2v) is 5.15. The molecule has 0 heterocycles. The summed E-state index contributed by atoms with van der Waals surface area (Å²) in [5, 5.41) is 3.66. The number of benzene rings is 1. The maximum Gasteiger partial charge on any atom is 0.00701 e. The fourth-order valence-electron chi connectivity index (χ4n) is 2.33. The molecule has 1 aromatic rings. The predicted molar refractivity (Wildman–Crippen MR) is 81.1 cm³/mol. The second kappa shape index (κ2) is 9.16. The summed E-state index contributed by atoms with van der Waals surface area (Å²) in [7, 11) is 0. The zero-order valence-corrected chi connectivity index (χ0v) is 12.3. The molecule has 0 saturated heterocycles. The molecule has 1 nitrogen and oxygen atoms in total. The van der Waals surface area contributed by atoms with Gasteiger partial charge >= 0.3 is 0 Å². The smallest absolute Gasteiger partial charge is 0.00701 e. The van der Waals surface area contributed by atoms with Gasteiger partial charge in [-0.05, 0) is 49.8 Å². The largest absolute Gasteiger partial charge is 0.314 e. The number of hydrogen-bond acceptors (Lipinski definition) is 1. The molecule has 1 N–H and O–H groups in total. The third-order valence-corrected chi connectivity index (χ3v) is 3.53. The normalized spacial score (nSPS) is 12.6. The fourth-order valence-corrected chi connectivity index (χ4v) is 2.33. The number of aryl methyl sites for hydroxylation is 2. The molecule has 0 aliphatic carbocycles. The molecule has 1 unspecified atom stereocenters. The summed E-state index contributed by atoms with van der Waals surface area (Å²) in [6.45, 7) is 7.87. The number of hydrogen-bond donors (Lipinski definition) is 1. The molecule has 0 aliphatic rings. The summed E-state index contributed by atoms with van der Waals surface area (Å²) in [6, 6.07) is 9.82. The Labute approximate surface area is 113 Å². The topological polar surface area (TPSA) is 12.0 Å². The summed E-state index contributed by atoms with van der Waals surface area (Å²) in [5.41, 5.74) is 2.92. The van der Waals surface area contributed by atoms with Gasteiger partial charge in [0.05, 0.1) is 0 Å². The van der Waals surface area contributed by atoms with Crippen molar-refractivity contribution in [3.05, 3.63) is 35.4 Å². The van der Waals surface area contributed by atoms with Crippen molar-refractivity contribution in [2.45, 2.75) is 65.3 Å². The SMILES string of the molecule is CCCNC(CCC)CCc1ccc(CC)cc1. The zero-order chi connectivity index (χ0) is 13.2. The van der Waals surface area contributed by atoms with Gasteiger partial charge in [0, 0.05) is 6.04 Å². The second-order valence-electron chi connectivity index (χ2n) is 5.15. The Bertz CT molecular complexity index is 302. The molecular weight excluding hydrogens is 218 g/mol. The van der Waals surface area contributed by atoms with E-state index in [2.05, 4.69) is 50.4 Å². The van der Waals surface area contributed by atoms with E-state index in [9.17, 15) is 0 Å². The van der Waals surface area contributed by atoms with Gasteiger partial charge in [-0.15, -0.1) is 0 Å². The lowest BCUT2D eigenvalue weighted by Crippen LogP contribution is -2.30. The van der Waals surface area contributed by atoms with Gasteiger partial charge in [-0.1, -0.05) is 51.5 Å². The van der Waals surface area contributed by atoms with E-state index in [4.69, 9.17) is 0 Å². The fraction of sp³-hybridized carbons (Fsp3) is 0.647. The van der Waals surface area contributed by atoms with Crippen molar-refractivity contribution < 1.29 is 0 Å². The molecule has 1 aromatic carbocycles. The molecule has 1 atom stereocenters. The van der Waals surface area contributed by atoms with E-state index in [1.165, 1.54) is 43.2 Å². The Morgan fingerprint density at radius 2 is 1.56 bits per heavy atom. The van der Waals surface area contributed by atoms with Crippen LogP contribution in [0.25, 0.3) is 0 Å². The van der Waals surface area contributed by atoms with Gasteiger partial charge in [-0.2, -0.15) is 0 Å². The first kappa shape index (κ1) is 15.2.